The second kappa shape index (κ2) is 5.39. The third kappa shape index (κ3) is 2.69. The number of hydrogen-bond donors (Lipinski definition) is 2. The molecular weight excluding hydrogens is 262 g/mol. The van der Waals surface area contributed by atoms with E-state index < -0.39 is 0 Å². The number of amides is 1. The standard InChI is InChI=1S/C14H20ClN3O/c1-18(2)12-5-4-10(15)8-11(12)17-13(19)14(9-16)6-3-7-14/h4-5,8H,3,6-7,9,16H2,1-2H3,(H,17,19). The third-order valence-electron chi connectivity index (χ3n) is 3.87. The van der Waals surface area contributed by atoms with Crippen molar-refractivity contribution in [1.29, 1.82) is 0 Å². The maximum Gasteiger partial charge on any atom is 0.231 e. The number of nitrogens with zero attached hydrogens (tertiary/aromatic N) is 1. The summed E-state index contributed by atoms with van der Waals surface area (Å²) in [5, 5.41) is 3.59. The number of benzene rings is 1. The molecule has 0 aromatic heterocycles. The minimum Gasteiger partial charge on any atom is -0.376 e. The summed E-state index contributed by atoms with van der Waals surface area (Å²) in [4.78, 5) is 14.3. The number of hydrogen-bond acceptors (Lipinski definition) is 3. The lowest BCUT2D eigenvalue weighted by Gasteiger charge is -2.39. The Morgan fingerprint density at radius 2 is 2.16 bits per heavy atom. The van der Waals surface area contributed by atoms with Gasteiger partial charge in [0.2, 0.25) is 5.91 Å². The van der Waals surface area contributed by atoms with Gasteiger partial charge >= 0.3 is 0 Å². The van der Waals surface area contributed by atoms with Gasteiger partial charge < -0.3 is 16.0 Å². The molecule has 0 atom stereocenters. The molecule has 0 radical (unpaired) electrons. The van der Waals surface area contributed by atoms with E-state index in [4.69, 9.17) is 17.3 Å². The number of anilines is 2. The molecule has 0 saturated heterocycles. The van der Waals surface area contributed by atoms with E-state index in [0.29, 0.717) is 11.6 Å². The zero-order valence-electron chi connectivity index (χ0n) is 11.4. The summed E-state index contributed by atoms with van der Waals surface area (Å²) >= 11 is 6.01. The first-order valence-corrected chi connectivity index (χ1v) is 6.85. The van der Waals surface area contributed by atoms with E-state index in [-0.39, 0.29) is 11.3 Å². The summed E-state index contributed by atoms with van der Waals surface area (Å²) in [6.07, 6.45) is 2.81. The average molecular weight is 282 g/mol. The van der Waals surface area contributed by atoms with E-state index in [1.807, 2.05) is 31.1 Å². The van der Waals surface area contributed by atoms with Gasteiger partial charge in [0.25, 0.3) is 0 Å². The maximum atomic E-state index is 12.4. The minimum atomic E-state index is -0.383. The van der Waals surface area contributed by atoms with Crippen molar-refractivity contribution in [2.45, 2.75) is 19.3 Å². The van der Waals surface area contributed by atoms with Gasteiger partial charge in [-0.2, -0.15) is 0 Å². The Morgan fingerprint density at radius 1 is 1.47 bits per heavy atom. The van der Waals surface area contributed by atoms with Crippen LogP contribution in [-0.2, 0) is 4.79 Å². The Morgan fingerprint density at radius 3 is 2.63 bits per heavy atom. The van der Waals surface area contributed by atoms with Gasteiger partial charge in [-0.25, -0.2) is 0 Å². The molecule has 104 valence electrons. The van der Waals surface area contributed by atoms with Gasteiger partial charge in [0.1, 0.15) is 0 Å². The van der Waals surface area contributed by atoms with Crippen molar-refractivity contribution in [3.8, 4) is 0 Å². The van der Waals surface area contributed by atoms with Crippen LogP contribution in [0.2, 0.25) is 5.02 Å². The van der Waals surface area contributed by atoms with Crippen LogP contribution in [0.25, 0.3) is 0 Å². The zero-order chi connectivity index (χ0) is 14.0. The van der Waals surface area contributed by atoms with Gasteiger partial charge in [0.15, 0.2) is 0 Å². The normalized spacial score (nSPS) is 16.6. The van der Waals surface area contributed by atoms with Crippen molar-refractivity contribution in [2.75, 3.05) is 30.9 Å². The monoisotopic (exact) mass is 281 g/mol. The Hall–Kier alpha value is -1.26. The van der Waals surface area contributed by atoms with Gasteiger partial charge in [0.05, 0.1) is 16.8 Å². The summed E-state index contributed by atoms with van der Waals surface area (Å²) in [5.74, 6) is 0.00613. The van der Waals surface area contributed by atoms with Crippen molar-refractivity contribution < 1.29 is 4.79 Å². The molecule has 1 aromatic carbocycles. The Kier molecular flexibility index (Phi) is 4.02. The van der Waals surface area contributed by atoms with E-state index in [1.165, 1.54) is 0 Å². The van der Waals surface area contributed by atoms with Gasteiger partial charge in [-0.3, -0.25) is 4.79 Å². The van der Waals surface area contributed by atoms with Crippen LogP contribution >= 0.6 is 11.6 Å². The Bertz CT molecular complexity index is 478. The molecule has 0 unspecified atom stereocenters. The first-order chi connectivity index (χ1) is 8.98. The first-order valence-electron chi connectivity index (χ1n) is 6.47. The molecule has 0 aliphatic heterocycles. The predicted octanol–water partition coefficient (Wildman–Crippen LogP) is 2.47. The molecule has 3 N–H and O–H groups in total. The third-order valence-corrected chi connectivity index (χ3v) is 4.11. The molecule has 0 heterocycles. The molecule has 1 aromatic rings. The largest absolute Gasteiger partial charge is 0.376 e. The first kappa shape index (κ1) is 14.2. The number of halogens is 1. The molecule has 1 saturated carbocycles. The highest BCUT2D eigenvalue weighted by Gasteiger charge is 2.43. The number of carbonyl (C=O) groups excluding carboxylic acids is 1. The SMILES string of the molecule is CN(C)c1ccc(Cl)cc1NC(=O)C1(CN)CCC1. The van der Waals surface area contributed by atoms with Crippen molar-refractivity contribution >= 4 is 28.9 Å². The number of rotatable bonds is 4. The van der Waals surface area contributed by atoms with Crippen LogP contribution in [-0.4, -0.2) is 26.5 Å². The molecule has 0 spiro atoms. The molecule has 1 aliphatic rings. The van der Waals surface area contributed by atoms with Crippen molar-refractivity contribution in [3.05, 3.63) is 23.2 Å². The van der Waals surface area contributed by atoms with Gasteiger partial charge in [0, 0.05) is 25.7 Å². The van der Waals surface area contributed by atoms with E-state index in [9.17, 15) is 4.79 Å². The Balaban J connectivity index is 2.23. The summed E-state index contributed by atoms with van der Waals surface area (Å²) in [5.41, 5.74) is 7.04. The van der Waals surface area contributed by atoms with Crippen LogP contribution in [0.15, 0.2) is 18.2 Å². The molecule has 1 aliphatic carbocycles. The van der Waals surface area contributed by atoms with E-state index in [2.05, 4.69) is 5.32 Å². The average Bonchev–Trinajstić information content (AvgIpc) is 2.27. The summed E-state index contributed by atoms with van der Waals surface area (Å²) < 4.78 is 0. The van der Waals surface area contributed by atoms with Crippen molar-refractivity contribution in [3.63, 3.8) is 0 Å². The summed E-state index contributed by atoms with van der Waals surface area (Å²) in [6, 6.07) is 5.49. The predicted molar refractivity (Wildman–Crippen MR) is 79.7 cm³/mol. The number of carbonyl (C=O) groups is 1. The van der Waals surface area contributed by atoms with E-state index in [1.54, 1.807) is 6.07 Å². The zero-order valence-corrected chi connectivity index (χ0v) is 12.1. The van der Waals surface area contributed by atoms with E-state index >= 15 is 0 Å². The molecule has 4 nitrogen and oxygen atoms in total. The lowest BCUT2D eigenvalue weighted by atomic mass is 9.68. The van der Waals surface area contributed by atoms with Crippen molar-refractivity contribution in [1.82, 2.24) is 0 Å². The molecule has 1 amide bonds. The van der Waals surface area contributed by atoms with Crippen LogP contribution in [0.4, 0.5) is 11.4 Å². The highest BCUT2D eigenvalue weighted by molar-refractivity contribution is 6.31. The topological polar surface area (TPSA) is 58.4 Å². The highest BCUT2D eigenvalue weighted by atomic mass is 35.5. The smallest absolute Gasteiger partial charge is 0.231 e. The van der Waals surface area contributed by atoms with Crippen LogP contribution in [0.3, 0.4) is 0 Å². The molecule has 1 fully saturated rings. The molecule has 5 heteroatoms. The minimum absolute atomic E-state index is 0.00613. The maximum absolute atomic E-state index is 12.4. The van der Waals surface area contributed by atoms with Gasteiger partial charge in [-0.15, -0.1) is 0 Å². The van der Waals surface area contributed by atoms with Crippen molar-refractivity contribution in [2.24, 2.45) is 11.1 Å². The lowest BCUT2D eigenvalue weighted by molar-refractivity contribution is -0.129. The van der Waals surface area contributed by atoms with Crippen LogP contribution < -0.4 is 16.0 Å². The fourth-order valence-corrected chi connectivity index (χ4v) is 2.55. The number of nitrogens with one attached hydrogen (secondary N) is 1. The van der Waals surface area contributed by atoms with Crippen LogP contribution in [0, 0.1) is 5.41 Å². The summed E-state index contributed by atoms with van der Waals surface area (Å²) in [6.45, 7) is 0.400. The second-order valence-electron chi connectivity index (χ2n) is 5.35. The lowest BCUT2D eigenvalue weighted by Crippen LogP contribution is -2.47. The number of nitrogens with two attached hydrogens (primary N) is 1. The molecular formula is C14H20ClN3O. The highest BCUT2D eigenvalue weighted by Crippen LogP contribution is 2.41. The van der Waals surface area contributed by atoms with Crippen LogP contribution in [0.5, 0.6) is 0 Å². The summed E-state index contributed by atoms with van der Waals surface area (Å²) in [7, 11) is 3.86. The van der Waals surface area contributed by atoms with Crippen LogP contribution in [0.1, 0.15) is 19.3 Å². The molecule has 2 rings (SSSR count). The fourth-order valence-electron chi connectivity index (χ4n) is 2.38. The quantitative estimate of drug-likeness (QED) is 0.891. The molecule has 0 bridgehead atoms. The van der Waals surface area contributed by atoms with Gasteiger partial charge in [-0.1, -0.05) is 18.0 Å². The van der Waals surface area contributed by atoms with E-state index in [0.717, 1.165) is 30.6 Å². The van der Waals surface area contributed by atoms with Gasteiger partial charge in [-0.05, 0) is 31.0 Å². The Labute approximate surface area is 118 Å². The molecule has 19 heavy (non-hydrogen) atoms. The fraction of sp³-hybridized carbons (Fsp3) is 0.500. The second-order valence-corrected chi connectivity index (χ2v) is 5.78.